The number of aromatic nitrogens is 4. The van der Waals surface area contributed by atoms with E-state index >= 15 is 0 Å². The highest BCUT2D eigenvalue weighted by molar-refractivity contribution is 7.32. The van der Waals surface area contributed by atoms with Crippen LogP contribution in [-0.4, -0.2) is 78.4 Å². The molecule has 164 valence electrons. The maximum Gasteiger partial charge on any atom is 0.698 e. The summed E-state index contributed by atoms with van der Waals surface area (Å²) in [5, 5.41) is 20.8. The van der Waals surface area contributed by atoms with Crippen molar-refractivity contribution in [3.8, 4) is 0 Å². The molecule has 1 saturated heterocycles. The zero-order chi connectivity index (χ0) is 22.0. The van der Waals surface area contributed by atoms with Gasteiger partial charge >= 0.3 is 20.5 Å². The van der Waals surface area contributed by atoms with Gasteiger partial charge in [0.1, 0.15) is 29.7 Å². The van der Waals surface area contributed by atoms with Gasteiger partial charge in [-0.1, -0.05) is 4.52 Å². The number of fused-ring (bicyclic) bond motifs is 1. The van der Waals surface area contributed by atoms with Crippen molar-refractivity contribution in [1.82, 2.24) is 19.5 Å². The van der Waals surface area contributed by atoms with Crippen LogP contribution in [0.15, 0.2) is 6.33 Å². The molecule has 1 aliphatic rings. The van der Waals surface area contributed by atoms with E-state index in [1.54, 1.807) is 6.92 Å². The Kier molecular flexibility index (Phi) is 6.88. The molecule has 1 fully saturated rings. The summed E-state index contributed by atoms with van der Waals surface area (Å²) in [7, 11) is -3.16. The van der Waals surface area contributed by atoms with Crippen LogP contribution in [0.1, 0.15) is 19.0 Å². The van der Waals surface area contributed by atoms with Gasteiger partial charge in [-0.3, -0.25) is 4.57 Å². The highest BCUT2D eigenvalue weighted by Crippen LogP contribution is 2.32. The number of nitrogens with zero attached hydrogens (tertiary/aromatic N) is 4. The van der Waals surface area contributed by atoms with Crippen molar-refractivity contribution in [2.45, 2.75) is 44.7 Å². The second kappa shape index (κ2) is 9.22. The van der Waals surface area contributed by atoms with E-state index < -0.39 is 51.7 Å². The number of rotatable bonds is 8. The molecule has 1 aliphatic heterocycles. The maximum absolute atomic E-state index is 11.8. The van der Waals surface area contributed by atoms with Gasteiger partial charge in [0.05, 0.1) is 19.5 Å². The fraction of sp³-hybridized carbons (Fsp3) is 0.600. The van der Waals surface area contributed by atoms with E-state index in [4.69, 9.17) is 24.8 Å². The van der Waals surface area contributed by atoms with Gasteiger partial charge in [-0.25, -0.2) is 19.7 Å². The number of hydrogen-bond acceptors (Lipinski definition) is 12. The lowest BCUT2D eigenvalue weighted by Crippen LogP contribution is -2.37. The number of carbonyl (C=O) groups excluding carboxylic acids is 1. The molecule has 30 heavy (non-hydrogen) atoms. The van der Waals surface area contributed by atoms with Crippen LogP contribution in [0.25, 0.3) is 11.2 Å². The van der Waals surface area contributed by atoms with Gasteiger partial charge in [0.25, 0.3) is 0 Å². The molecule has 3 heterocycles. The number of carbonyl (C=O) groups is 1. The van der Waals surface area contributed by atoms with Crippen molar-refractivity contribution in [3.05, 3.63) is 12.2 Å². The summed E-state index contributed by atoms with van der Waals surface area (Å²) >= 11 is 0. The number of anilines is 1. The standard InChI is InChI=1S/C15H20N5O9P/c1-3-26-14(23)15(29-30(24)25)27-4-7-9(21)10(22)13(28-7)20-5-17-8-11(16)18-6(2)19-12(8)20/h5,7,9-10,13,15,21-22H,3-4H2,1-2H3,(H2-,16,18,19,24,25)/p+1/t7-,9-,10-,13-,15-/m0/s1. The molecule has 0 saturated carbocycles. The normalized spacial score (nSPS) is 25.4. The molecule has 5 N–H and O–H groups in total. The third kappa shape index (κ3) is 4.54. The number of aliphatic hydroxyl groups excluding tert-OH is 2. The van der Waals surface area contributed by atoms with E-state index in [1.807, 2.05) is 0 Å². The molecule has 0 aliphatic carbocycles. The quantitative estimate of drug-likeness (QED) is 0.217. The van der Waals surface area contributed by atoms with Gasteiger partial charge in [-0.15, -0.1) is 4.89 Å². The molecular weight excluding hydrogens is 425 g/mol. The Bertz CT molecular complexity index is 941. The van der Waals surface area contributed by atoms with E-state index in [-0.39, 0.29) is 12.4 Å². The minimum Gasteiger partial charge on any atom is -0.462 e. The molecule has 14 nitrogen and oxygen atoms in total. The maximum atomic E-state index is 11.8. The molecule has 0 radical (unpaired) electrons. The number of nitrogen functional groups attached to an aromatic ring is 1. The van der Waals surface area contributed by atoms with Crippen molar-refractivity contribution in [2.24, 2.45) is 0 Å². The van der Waals surface area contributed by atoms with Crippen molar-refractivity contribution in [3.63, 3.8) is 0 Å². The Hall–Kier alpha value is -2.32. The minimum absolute atomic E-state index is 0.00822. The zero-order valence-electron chi connectivity index (χ0n) is 16.0. The first kappa shape index (κ1) is 22.4. The highest BCUT2D eigenvalue weighted by atomic mass is 31.1. The van der Waals surface area contributed by atoms with E-state index in [0.29, 0.717) is 17.0 Å². The summed E-state index contributed by atoms with van der Waals surface area (Å²) in [6.07, 6.45) is -5.50. The number of aryl methyl sites for hydroxylation is 1. The Balaban J connectivity index is 1.75. The number of hydrogen-bond donors (Lipinski definition) is 4. The largest absolute Gasteiger partial charge is 0.698 e. The first-order chi connectivity index (χ1) is 14.2. The number of ether oxygens (including phenoxy) is 3. The fourth-order valence-corrected chi connectivity index (χ4v) is 3.26. The lowest BCUT2D eigenvalue weighted by atomic mass is 10.1. The summed E-state index contributed by atoms with van der Waals surface area (Å²) in [6.45, 7) is 2.70. The minimum atomic E-state index is -3.16. The predicted molar refractivity (Wildman–Crippen MR) is 97.7 cm³/mol. The molecule has 0 bridgehead atoms. The van der Waals surface area contributed by atoms with Gasteiger partial charge in [0.15, 0.2) is 17.7 Å². The first-order valence-corrected chi connectivity index (χ1v) is 9.95. The van der Waals surface area contributed by atoms with Gasteiger partial charge in [0.2, 0.25) is 0 Å². The summed E-state index contributed by atoms with van der Waals surface area (Å²) in [6, 6.07) is 0. The monoisotopic (exact) mass is 446 g/mol. The zero-order valence-corrected chi connectivity index (χ0v) is 16.9. The first-order valence-electron chi connectivity index (χ1n) is 8.82. The molecule has 1 unspecified atom stereocenters. The lowest BCUT2D eigenvalue weighted by Gasteiger charge is -2.17. The van der Waals surface area contributed by atoms with Crippen LogP contribution in [0.5, 0.6) is 0 Å². The van der Waals surface area contributed by atoms with Crippen LogP contribution in [0.2, 0.25) is 0 Å². The number of aliphatic hydroxyl groups is 2. The molecule has 0 aromatic carbocycles. The second-order valence-corrected chi connectivity index (χ2v) is 6.97. The van der Waals surface area contributed by atoms with Gasteiger partial charge in [-0.2, -0.15) is 0 Å². The Morgan fingerprint density at radius 3 is 2.80 bits per heavy atom. The van der Waals surface area contributed by atoms with E-state index in [0.717, 1.165) is 0 Å². The second-order valence-electron chi connectivity index (χ2n) is 6.29. The van der Waals surface area contributed by atoms with Crippen molar-refractivity contribution < 1.29 is 43.2 Å². The average molecular weight is 446 g/mol. The Labute approximate surface area is 170 Å². The topological polar surface area (TPSA) is 201 Å². The van der Waals surface area contributed by atoms with E-state index in [9.17, 15) is 19.6 Å². The molecule has 2 aromatic heterocycles. The van der Waals surface area contributed by atoms with E-state index in [1.165, 1.54) is 17.8 Å². The average Bonchev–Trinajstić information content (AvgIpc) is 3.21. The molecule has 3 rings (SSSR count). The molecule has 15 heteroatoms. The summed E-state index contributed by atoms with van der Waals surface area (Å²) in [5.41, 5.74) is 6.42. The summed E-state index contributed by atoms with van der Waals surface area (Å²) in [4.78, 5) is 33.0. The summed E-state index contributed by atoms with van der Waals surface area (Å²) in [5.74, 6) is -0.498. The lowest BCUT2D eigenvalue weighted by molar-refractivity contribution is -0.185. The van der Waals surface area contributed by atoms with Crippen molar-refractivity contribution in [1.29, 1.82) is 0 Å². The third-order valence-electron chi connectivity index (χ3n) is 4.25. The molecule has 0 spiro atoms. The SMILES string of the molecule is CCOC(=O)[C@@H](OC[C@@H]1O[C@H](n2cnc3c(N)nc(C)nc32)[C@@H](O)[C@H]1O)O[P+](=O)O. The third-order valence-corrected chi connectivity index (χ3v) is 4.62. The Morgan fingerprint density at radius 1 is 1.40 bits per heavy atom. The number of nitrogens with two attached hydrogens (primary N) is 1. The Morgan fingerprint density at radius 2 is 2.13 bits per heavy atom. The van der Waals surface area contributed by atoms with Crippen molar-refractivity contribution >= 4 is 31.2 Å². The van der Waals surface area contributed by atoms with Crippen LogP contribution in [-0.2, 0) is 28.1 Å². The van der Waals surface area contributed by atoms with Crippen molar-refractivity contribution in [2.75, 3.05) is 18.9 Å². The van der Waals surface area contributed by atoms with Gasteiger partial charge in [-0.05, 0) is 13.8 Å². The van der Waals surface area contributed by atoms with Gasteiger partial charge < -0.3 is 30.2 Å². The van der Waals surface area contributed by atoms with Crippen LogP contribution in [0, 0.1) is 6.92 Å². The van der Waals surface area contributed by atoms with Crippen LogP contribution < -0.4 is 5.73 Å². The van der Waals surface area contributed by atoms with Crippen LogP contribution >= 0.6 is 8.25 Å². The highest BCUT2D eigenvalue weighted by Gasteiger charge is 2.45. The van der Waals surface area contributed by atoms with Gasteiger partial charge in [0, 0.05) is 4.57 Å². The van der Waals surface area contributed by atoms with E-state index in [2.05, 4.69) is 19.5 Å². The fourth-order valence-electron chi connectivity index (χ4n) is 2.95. The molecule has 6 atom stereocenters. The molecule has 0 amide bonds. The molecule has 2 aromatic rings. The number of imidazole rings is 1. The van der Waals surface area contributed by atoms with Crippen LogP contribution in [0.4, 0.5) is 5.82 Å². The summed E-state index contributed by atoms with van der Waals surface area (Å²) < 4.78 is 32.3. The predicted octanol–water partition coefficient (Wildman–Crippen LogP) is -1.09. The van der Waals surface area contributed by atoms with Crippen LogP contribution in [0.3, 0.4) is 0 Å². The smallest absolute Gasteiger partial charge is 0.462 e. The number of esters is 1. The molecular formula is C15H21N5O9P+.